The fraction of sp³-hybridized carbons (Fsp3) is 0.400. The van der Waals surface area contributed by atoms with E-state index in [1.165, 1.54) is 16.0 Å². The smallest absolute Gasteiger partial charge is 0.127 e. The SMILES string of the molecule is Cc1ncsc1CCNCc1cc(Br)cc2c1OCC2. The van der Waals surface area contributed by atoms with Crippen LogP contribution in [0, 0.1) is 6.92 Å². The first kappa shape index (κ1) is 14.0. The number of nitrogens with zero attached hydrogens (tertiary/aromatic N) is 1. The summed E-state index contributed by atoms with van der Waals surface area (Å²) in [5, 5.41) is 3.50. The molecule has 1 aromatic carbocycles. The third-order valence-corrected chi connectivity index (χ3v) is 4.97. The lowest BCUT2D eigenvalue weighted by molar-refractivity contribution is 0.352. The van der Waals surface area contributed by atoms with Crippen LogP contribution in [0.4, 0.5) is 0 Å². The van der Waals surface area contributed by atoms with Gasteiger partial charge in [-0.05, 0) is 31.0 Å². The van der Waals surface area contributed by atoms with Crippen molar-refractivity contribution in [3.8, 4) is 5.75 Å². The molecule has 3 nitrogen and oxygen atoms in total. The van der Waals surface area contributed by atoms with Crippen molar-refractivity contribution >= 4 is 27.3 Å². The van der Waals surface area contributed by atoms with E-state index in [1.54, 1.807) is 11.3 Å². The van der Waals surface area contributed by atoms with Crippen LogP contribution in [-0.4, -0.2) is 18.1 Å². The van der Waals surface area contributed by atoms with Gasteiger partial charge in [-0.2, -0.15) is 0 Å². The molecule has 0 atom stereocenters. The monoisotopic (exact) mass is 352 g/mol. The lowest BCUT2D eigenvalue weighted by Gasteiger charge is -2.10. The normalized spacial score (nSPS) is 13.3. The zero-order chi connectivity index (χ0) is 13.9. The van der Waals surface area contributed by atoms with Crippen LogP contribution in [0.5, 0.6) is 5.75 Å². The predicted octanol–water partition coefficient (Wildman–Crippen LogP) is 3.48. The predicted molar refractivity (Wildman–Crippen MR) is 85.6 cm³/mol. The minimum Gasteiger partial charge on any atom is -0.493 e. The molecule has 5 heteroatoms. The molecule has 0 fully saturated rings. The van der Waals surface area contributed by atoms with Crippen LogP contribution in [0.2, 0.25) is 0 Å². The van der Waals surface area contributed by atoms with Gasteiger partial charge >= 0.3 is 0 Å². The van der Waals surface area contributed by atoms with Crippen molar-refractivity contribution in [3.63, 3.8) is 0 Å². The van der Waals surface area contributed by atoms with Crippen LogP contribution < -0.4 is 10.1 Å². The van der Waals surface area contributed by atoms with Crippen LogP contribution in [0.15, 0.2) is 22.1 Å². The Hall–Kier alpha value is -0.910. The summed E-state index contributed by atoms with van der Waals surface area (Å²) in [5.41, 5.74) is 5.63. The van der Waals surface area contributed by atoms with Crippen molar-refractivity contribution < 1.29 is 4.74 Å². The molecule has 0 bridgehead atoms. The maximum absolute atomic E-state index is 5.74. The quantitative estimate of drug-likeness (QED) is 0.836. The van der Waals surface area contributed by atoms with Crippen LogP contribution in [0.3, 0.4) is 0 Å². The van der Waals surface area contributed by atoms with E-state index in [-0.39, 0.29) is 0 Å². The van der Waals surface area contributed by atoms with Crippen LogP contribution in [0.25, 0.3) is 0 Å². The molecule has 0 unspecified atom stereocenters. The standard InChI is InChI=1S/C15H17BrN2OS/c1-10-14(20-9-18-10)2-4-17-8-12-7-13(16)6-11-3-5-19-15(11)12/h6-7,9,17H,2-5,8H2,1H3. The Kier molecular flexibility index (Phi) is 4.38. The maximum Gasteiger partial charge on any atom is 0.127 e. The third kappa shape index (κ3) is 3.05. The van der Waals surface area contributed by atoms with Gasteiger partial charge in [0.1, 0.15) is 5.75 Å². The van der Waals surface area contributed by atoms with Gasteiger partial charge in [-0.3, -0.25) is 0 Å². The first-order chi connectivity index (χ1) is 9.74. The molecule has 1 aromatic heterocycles. The average molecular weight is 353 g/mol. The number of benzene rings is 1. The Morgan fingerprint density at radius 1 is 1.45 bits per heavy atom. The second-order valence-corrected chi connectivity index (χ2v) is 6.79. The lowest BCUT2D eigenvalue weighted by Crippen LogP contribution is -2.17. The molecule has 2 aromatic rings. The summed E-state index contributed by atoms with van der Waals surface area (Å²) in [4.78, 5) is 5.65. The topological polar surface area (TPSA) is 34.2 Å². The highest BCUT2D eigenvalue weighted by Gasteiger charge is 2.17. The van der Waals surface area contributed by atoms with Gasteiger partial charge < -0.3 is 10.1 Å². The van der Waals surface area contributed by atoms with Gasteiger partial charge in [0.05, 0.1) is 17.8 Å². The van der Waals surface area contributed by atoms with Gasteiger partial charge in [0.2, 0.25) is 0 Å². The summed E-state index contributed by atoms with van der Waals surface area (Å²) in [6, 6.07) is 4.31. The van der Waals surface area contributed by atoms with Crippen molar-refractivity contribution in [1.82, 2.24) is 10.3 Å². The number of halogens is 1. The Morgan fingerprint density at radius 3 is 3.15 bits per heavy atom. The summed E-state index contributed by atoms with van der Waals surface area (Å²) < 4.78 is 6.87. The van der Waals surface area contributed by atoms with Crippen LogP contribution in [0.1, 0.15) is 21.7 Å². The molecule has 1 aliphatic heterocycles. The fourth-order valence-corrected chi connectivity index (χ4v) is 3.80. The maximum atomic E-state index is 5.74. The molecule has 0 spiro atoms. The molecule has 20 heavy (non-hydrogen) atoms. The summed E-state index contributed by atoms with van der Waals surface area (Å²) in [6.07, 6.45) is 2.05. The lowest BCUT2D eigenvalue weighted by atomic mass is 10.1. The fourth-order valence-electron chi connectivity index (χ4n) is 2.47. The summed E-state index contributed by atoms with van der Waals surface area (Å²) in [6.45, 7) is 4.68. The zero-order valence-corrected chi connectivity index (χ0v) is 13.8. The van der Waals surface area contributed by atoms with Crippen LogP contribution in [-0.2, 0) is 19.4 Å². The Balaban J connectivity index is 1.58. The Morgan fingerprint density at radius 2 is 2.35 bits per heavy atom. The van der Waals surface area contributed by atoms with Crippen molar-refractivity contribution in [2.75, 3.05) is 13.2 Å². The van der Waals surface area contributed by atoms with Gasteiger partial charge in [-0.1, -0.05) is 15.9 Å². The van der Waals surface area contributed by atoms with Gasteiger partial charge in [0.25, 0.3) is 0 Å². The van der Waals surface area contributed by atoms with Gasteiger partial charge in [-0.25, -0.2) is 4.98 Å². The first-order valence-electron chi connectivity index (χ1n) is 6.78. The minimum absolute atomic E-state index is 0.804. The Labute approximate surface area is 131 Å². The minimum atomic E-state index is 0.804. The summed E-state index contributed by atoms with van der Waals surface area (Å²) >= 11 is 5.31. The third-order valence-electron chi connectivity index (χ3n) is 3.51. The zero-order valence-electron chi connectivity index (χ0n) is 11.4. The van der Waals surface area contributed by atoms with Crippen molar-refractivity contribution in [2.24, 2.45) is 0 Å². The number of rotatable bonds is 5. The van der Waals surface area contributed by atoms with E-state index in [0.29, 0.717) is 0 Å². The molecule has 1 N–H and O–H groups in total. The van der Waals surface area contributed by atoms with E-state index >= 15 is 0 Å². The molecule has 0 radical (unpaired) electrons. The molecule has 0 saturated heterocycles. The molecule has 0 saturated carbocycles. The number of nitrogens with one attached hydrogen (secondary N) is 1. The van der Waals surface area contributed by atoms with Gasteiger partial charge in [0.15, 0.2) is 0 Å². The highest BCUT2D eigenvalue weighted by atomic mass is 79.9. The highest BCUT2D eigenvalue weighted by molar-refractivity contribution is 9.10. The van der Waals surface area contributed by atoms with Crippen molar-refractivity contribution in [1.29, 1.82) is 0 Å². The second kappa shape index (κ2) is 6.24. The Bertz CT molecular complexity index is 612. The molecule has 0 aliphatic carbocycles. The molecule has 2 heterocycles. The molecular formula is C15H17BrN2OS. The van der Waals surface area contributed by atoms with Gasteiger partial charge in [0, 0.05) is 34.4 Å². The number of fused-ring (bicyclic) bond motifs is 1. The number of ether oxygens (including phenoxy) is 1. The number of thiazole rings is 1. The average Bonchev–Trinajstić information content (AvgIpc) is 3.03. The van der Waals surface area contributed by atoms with E-state index < -0.39 is 0 Å². The van der Waals surface area contributed by atoms with E-state index in [1.807, 2.05) is 5.51 Å². The number of hydrogen-bond donors (Lipinski definition) is 1. The summed E-state index contributed by atoms with van der Waals surface area (Å²) in [5.74, 6) is 1.08. The molecule has 0 amide bonds. The van der Waals surface area contributed by atoms with E-state index in [2.05, 4.69) is 45.3 Å². The van der Waals surface area contributed by atoms with E-state index in [9.17, 15) is 0 Å². The number of aromatic nitrogens is 1. The summed E-state index contributed by atoms with van der Waals surface area (Å²) in [7, 11) is 0. The molecule has 3 rings (SSSR count). The van der Waals surface area contributed by atoms with Crippen molar-refractivity contribution in [3.05, 3.63) is 43.8 Å². The van der Waals surface area contributed by atoms with E-state index in [4.69, 9.17) is 4.74 Å². The first-order valence-corrected chi connectivity index (χ1v) is 8.45. The largest absolute Gasteiger partial charge is 0.493 e. The van der Waals surface area contributed by atoms with E-state index in [0.717, 1.165) is 48.5 Å². The highest BCUT2D eigenvalue weighted by Crippen LogP contribution is 2.32. The molecule has 1 aliphatic rings. The van der Waals surface area contributed by atoms with Crippen LogP contribution >= 0.6 is 27.3 Å². The number of hydrogen-bond acceptors (Lipinski definition) is 4. The van der Waals surface area contributed by atoms with Gasteiger partial charge in [-0.15, -0.1) is 11.3 Å². The second-order valence-electron chi connectivity index (χ2n) is 4.94. The van der Waals surface area contributed by atoms with Crippen molar-refractivity contribution in [2.45, 2.75) is 26.3 Å². The molecule has 106 valence electrons. The number of aryl methyl sites for hydroxylation is 1. The molecular weight excluding hydrogens is 336 g/mol.